The van der Waals surface area contributed by atoms with E-state index in [0.717, 1.165) is 22.8 Å². The highest BCUT2D eigenvalue weighted by molar-refractivity contribution is 6.22. The molecule has 0 aliphatic carbocycles. The van der Waals surface area contributed by atoms with E-state index in [1.807, 2.05) is 18.3 Å². The Hall–Kier alpha value is -7.03. The van der Waals surface area contributed by atoms with Crippen LogP contribution < -0.4 is 4.90 Å². The van der Waals surface area contributed by atoms with Gasteiger partial charge in [0.15, 0.2) is 0 Å². The molecule has 0 fully saturated rings. The molecule has 0 radical (unpaired) electrons. The normalized spacial score (nSPS) is 11.8. The molecule has 1 heterocycles. The average molecular weight is 731 g/mol. The fourth-order valence-corrected chi connectivity index (χ4v) is 8.48. The predicted molar refractivity (Wildman–Crippen MR) is 244 cm³/mol. The minimum Gasteiger partial charge on any atom is -0.295 e. The van der Waals surface area contributed by atoms with E-state index < -0.39 is 0 Å². The smallest absolute Gasteiger partial charge is 0.137 e. The monoisotopic (exact) mass is 730 g/mol. The van der Waals surface area contributed by atoms with Gasteiger partial charge in [0, 0.05) is 17.6 Å². The molecule has 2 nitrogen and oxygen atoms in total. The van der Waals surface area contributed by atoms with E-state index in [0.29, 0.717) is 0 Å². The van der Waals surface area contributed by atoms with E-state index in [1.165, 1.54) is 76.5 Å². The predicted octanol–water partition coefficient (Wildman–Crippen LogP) is 15.5. The number of anilines is 3. The first-order valence-electron chi connectivity index (χ1n) is 19.8. The van der Waals surface area contributed by atoms with Crippen molar-refractivity contribution in [2.24, 2.45) is 0 Å². The molecule has 1 aromatic heterocycles. The van der Waals surface area contributed by atoms with Gasteiger partial charge >= 0.3 is 0 Å². The summed E-state index contributed by atoms with van der Waals surface area (Å²) in [4.78, 5) is 7.01. The third-order valence-electron chi connectivity index (χ3n) is 11.4. The molecule has 0 aliphatic rings. The highest BCUT2D eigenvalue weighted by atomic mass is 15.2. The molecular formula is C55H42N2. The number of rotatable bonds is 6. The van der Waals surface area contributed by atoms with Gasteiger partial charge < -0.3 is 0 Å². The Morgan fingerprint density at radius 1 is 0.368 bits per heavy atom. The molecular weight excluding hydrogens is 689 g/mol. The van der Waals surface area contributed by atoms with Gasteiger partial charge in [-0.05, 0) is 142 Å². The van der Waals surface area contributed by atoms with Gasteiger partial charge in [0.2, 0.25) is 0 Å². The van der Waals surface area contributed by atoms with Gasteiger partial charge in [0.25, 0.3) is 0 Å². The second-order valence-electron chi connectivity index (χ2n) is 16.0. The van der Waals surface area contributed by atoms with E-state index in [1.54, 1.807) is 0 Å². The first-order valence-corrected chi connectivity index (χ1v) is 19.8. The van der Waals surface area contributed by atoms with E-state index >= 15 is 0 Å². The first-order chi connectivity index (χ1) is 27.9. The summed E-state index contributed by atoms with van der Waals surface area (Å²) in [6, 6.07) is 71.0. The Morgan fingerprint density at radius 2 is 0.842 bits per heavy atom. The standard InChI is InChI=1S/C55H42N2/c1-55(2,3)45-26-30-47(31-27-45)57(52-18-10-11-33-56-52)46-28-23-39(24-29-46)42-25-32-50-51(36-42)54(44-22-20-38-13-5-7-15-41(38)35-44)49-17-9-8-16-48(49)53(50)43-21-19-37-12-4-6-14-40(37)34-43/h4-36H,1-3H3. The van der Waals surface area contributed by atoms with Gasteiger partial charge in [-0.15, -0.1) is 0 Å². The number of pyridine rings is 1. The minimum absolute atomic E-state index is 0.0759. The Balaban J connectivity index is 1.16. The zero-order valence-corrected chi connectivity index (χ0v) is 32.4. The Morgan fingerprint density at radius 3 is 1.40 bits per heavy atom. The van der Waals surface area contributed by atoms with Crippen LogP contribution in [-0.4, -0.2) is 4.98 Å². The Labute approximate surface area is 334 Å². The van der Waals surface area contributed by atoms with Crippen molar-refractivity contribution in [1.82, 2.24) is 4.98 Å². The number of aromatic nitrogens is 1. The molecule has 0 unspecified atom stereocenters. The third-order valence-corrected chi connectivity index (χ3v) is 11.4. The lowest BCUT2D eigenvalue weighted by Crippen LogP contribution is -2.13. The highest BCUT2D eigenvalue weighted by Gasteiger charge is 2.20. The fourth-order valence-electron chi connectivity index (χ4n) is 8.48. The van der Waals surface area contributed by atoms with Gasteiger partial charge in [-0.3, -0.25) is 4.90 Å². The topological polar surface area (TPSA) is 16.1 Å². The molecule has 0 aliphatic heterocycles. The van der Waals surface area contributed by atoms with Crippen molar-refractivity contribution in [1.29, 1.82) is 0 Å². The second kappa shape index (κ2) is 13.9. The Bertz CT molecular complexity index is 3080. The van der Waals surface area contributed by atoms with Crippen LogP contribution in [0.2, 0.25) is 0 Å². The molecule has 0 spiro atoms. The number of benzene rings is 9. The van der Waals surface area contributed by atoms with Crippen molar-refractivity contribution in [2.75, 3.05) is 4.90 Å². The maximum atomic E-state index is 4.78. The summed E-state index contributed by atoms with van der Waals surface area (Å²) in [6.07, 6.45) is 1.86. The van der Waals surface area contributed by atoms with Crippen molar-refractivity contribution in [3.05, 3.63) is 206 Å². The van der Waals surface area contributed by atoms with E-state index in [-0.39, 0.29) is 5.41 Å². The van der Waals surface area contributed by atoms with E-state index in [4.69, 9.17) is 4.98 Å². The highest BCUT2D eigenvalue weighted by Crippen LogP contribution is 2.46. The maximum absolute atomic E-state index is 4.78. The van der Waals surface area contributed by atoms with Crippen LogP contribution in [0, 0.1) is 0 Å². The van der Waals surface area contributed by atoms with Crippen LogP contribution in [-0.2, 0) is 5.41 Å². The van der Waals surface area contributed by atoms with Crippen molar-refractivity contribution < 1.29 is 0 Å². The van der Waals surface area contributed by atoms with Crippen LogP contribution in [0.1, 0.15) is 26.3 Å². The summed E-state index contributed by atoms with van der Waals surface area (Å²) in [5, 5.41) is 9.96. The fraction of sp³-hybridized carbons (Fsp3) is 0.0727. The van der Waals surface area contributed by atoms with Crippen LogP contribution in [0.15, 0.2) is 200 Å². The molecule has 0 N–H and O–H groups in total. The van der Waals surface area contributed by atoms with Gasteiger partial charge in [-0.25, -0.2) is 4.98 Å². The molecule has 0 saturated heterocycles. The number of nitrogens with zero attached hydrogens (tertiary/aromatic N) is 2. The maximum Gasteiger partial charge on any atom is 0.137 e. The molecule has 272 valence electrons. The summed E-state index contributed by atoms with van der Waals surface area (Å²) in [6.45, 7) is 6.75. The molecule has 0 atom stereocenters. The quantitative estimate of drug-likeness (QED) is 0.158. The van der Waals surface area contributed by atoms with Crippen LogP contribution in [0.4, 0.5) is 17.2 Å². The van der Waals surface area contributed by atoms with Crippen LogP contribution >= 0.6 is 0 Å². The lowest BCUT2D eigenvalue weighted by molar-refractivity contribution is 0.590. The van der Waals surface area contributed by atoms with Crippen molar-refractivity contribution in [2.45, 2.75) is 26.2 Å². The molecule has 2 heteroatoms. The Kier molecular flexibility index (Phi) is 8.42. The minimum atomic E-state index is 0.0759. The molecule has 10 aromatic rings. The van der Waals surface area contributed by atoms with Crippen molar-refractivity contribution >= 4 is 60.3 Å². The summed E-state index contributed by atoms with van der Waals surface area (Å²) in [5.74, 6) is 0.882. The largest absolute Gasteiger partial charge is 0.295 e. The van der Waals surface area contributed by atoms with Gasteiger partial charge in [-0.1, -0.05) is 160 Å². The number of hydrogen-bond acceptors (Lipinski definition) is 2. The summed E-state index contributed by atoms with van der Waals surface area (Å²) in [7, 11) is 0. The van der Waals surface area contributed by atoms with E-state index in [2.05, 4.69) is 208 Å². The summed E-state index contributed by atoms with van der Waals surface area (Å²) < 4.78 is 0. The second-order valence-corrected chi connectivity index (χ2v) is 16.0. The van der Waals surface area contributed by atoms with Crippen LogP contribution in [0.3, 0.4) is 0 Å². The zero-order chi connectivity index (χ0) is 38.5. The number of hydrogen-bond donors (Lipinski definition) is 0. The number of fused-ring (bicyclic) bond motifs is 4. The van der Waals surface area contributed by atoms with Crippen LogP contribution in [0.25, 0.3) is 76.5 Å². The average Bonchev–Trinajstić information content (AvgIpc) is 3.25. The summed E-state index contributed by atoms with van der Waals surface area (Å²) >= 11 is 0. The SMILES string of the molecule is CC(C)(C)c1ccc(N(c2ccc(-c3ccc4c(-c5ccc6ccccc6c5)c5ccccc5c(-c5ccc6ccccc6c5)c4c3)cc2)c2ccccn2)cc1. The van der Waals surface area contributed by atoms with Crippen molar-refractivity contribution in [3.8, 4) is 33.4 Å². The molecule has 57 heavy (non-hydrogen) atoms. The van der Waals surface area contributed by atoms with E-state index in [9.17, 15) is 0 Å². The molecule has 0 amide bonds. The van der Waals surface area contributed by atoms with Gasteiger partial charge in [-0.2, -0.15) is 0 Å². The summed E-state index contributed by atoms with van der Waals surface area (Å²) in [5.41, 5.74) is 10.8. The van der Waals surface area contributed by atoms with Crippen LogP contribution in [0.5, 0.6) is 0 Å². The molecule has 9 aromatic carbocycles. The van der Waals surface area contributed by atoms with Gasteiger partial charge in [0.05, 0.1) is 0 Å². The molecule has 10 rings (SSSR count). The molecule has 0 bridgehead atoms. The van der Waals surface area contributed by atoms with Crippen molar-refractivity contribution in [3.63, 3.8) is 0 Å². The first kappa shape index (κ1) is 34.5. The molecule has 0 saturated carbocycles. The lowest BCUT2D eigenvalue weighted by Gasteiger charge is -2.26. The van der Waals surface area contributed by atoms with Gasteiger partial charge in [0.1, 0.15) is 5.82 Å². The lowest BCUT2D eigenvalue weighted by atomic mass is 9.84. The third kappa shape index (κ3) is 6.30. The zero-order valence-electron chi connectivity index (χ0n) is 32.4.